The van der Waals surface area contributed by atoms with E-state index in [0.717, 1.165) is 29.0 Å². The molecule has 1 aliphatic carbocycles. The van der Waals surface area contributed by atoms with Crippen molar-refractivity contribution in [1.82, 2.24) is 0 Å². The zero-order valence-electron chi connectivity index (χ0n) is 14.9. The lowest BCUT2D eigenvalue weighted by Crippen LogP contribution is -2.10. The first kappa shape index (κ1) is 16.9. The fraction of sp³-hybridized carbons (Fsp3) is 0.429. The molecule has 1 heterocycles. The number of thiophene rings is 1. The Bertz CT molecular complexity index is 798. The molecule has 1 aromatic heterocycles. The van der Waals surface area contributed by atoms with Crippen molar-refractivity contribution in [2.75, 3.05) is 0 Å². The van der Waals surface area contributed by atoms with Gasteiger partial charge in [0, 0.05) is 11.1 Å². The monoisotopic (exact) mass is 336 g/mol. The normalized spacial score (nSPS) is 17.7. The third-order valence-corrected chi connectivity index (χ3v) is 5.87. The summed E-state index contributed by atoms with van der Waals surface area (Å²) < 4.78 is 0. The van der Waals surface area contributed by atoms with Crippen molar-refractivity contribution in [1.29, 1.82) is 5.26 Å². The largest absolute Gasteiger partial charge is 0.244 e. The summed E-state index contributed by atoms with van der Waals surface area (Å²) >= 11 is 1.70. The van der Waals surface area contributed by atoms with Crippen LogP contribution in [0.1, 0.15) is 61.2 Å². The van der Waals surface area contributed by atoms with Gasteiger partial charge in [-0.1, -0.05) is 52.0 Å². The van der Waals surface area contributed by atoms with Gasteiger partial charge in [0.1, 0.15) is 11.1 Å². The first-order valence-electron chi connectivity index (χ1n) is 8.57. The van der Waals surface area contributed by atoms with Crippen molar-refractivity contribution >= 4 is 22.6 Å². The predicted molar refractivity (Wildman–Crippen MR) is 103 cm³/mol. The topological polar surface area (TPSA) is 36.1 Å². The van der Waals surface area contributed by atoms with Crippen molar-refractivity contribution in [2.45, 2.75) is 52.4 Å². The van der Waals surface area contributed by atoms with Crippen LogP contribution in [0.2, 0.25) is 0 Å². The van der Waals surface area contributed by atoms with Gasteiger partial charge < -0.3 is 0 Å². The van der Waals surface area contributed by atoms with Crippen LogP contribution in [0.4, 0.5) is 5.00 Å². The molecule has 24 heavy (non-hydrogen) atoms. The van der Waals surface area contributed by atoms with Crippen LogP contribution in [0.3, 0.4) is 0 Å². The molecule has 3 rings (SSSR count). The number of rotatable bonds is 2. The minimum absolute atomic E-state index is 0.160. The number of aliphatic imine (C=N–C) groups is 1. The van der Waals surface area contributed by atoms with Crippen LogP contribution < -0.4 is 0 Å². The summed E-state index contributed by atoms with van der Waals surface area (Å²) in [7, 11) is 0. The second-order valence-corrected chi connectivity index (χ2v) is 8.86. The van der Waals surface area contributed by atoms with E-state index >= 15 is 0 Å². The van der Waals surface area contributed by atoms with Gasteiger partial charge in [0.25, 0.3) is 0 Å². The molecule has 3 heteroatoms. The molecule has 1 atom stereocenters. The maximum absolute atomic E-state index is 9.54. The fourth-order valence-electron chi connectivity index (χ4n) is 3.14. The van der Waals surface area contributed by atoms with E-state index in [2.05, 4.69) is 63.0 Å². The molecule has 1 unspecified atom stereocenters. The van der Waals surface area contributed by atoms with Crippen LogP contribution in [-0.4, -0.2) is 6.21 Å². The van der Waals surface area contributed by atoms with Gasteiger partial charge in [0.15, 0.2) is 0 Å². The molecule has 0 saturated carbocycles. The van der Waals surface area contributed by atoms with Crippen molar-refractivity contribution in [2.24, 2.45) is 10.9 Å². The average Bonchev–Trinajstić information content (AvgIpc) is 2.89. The third kappa shape index (κ3) is 3.44. The van der Waals surface area contributed by atoms with Crippen LogP contribution in [0, 0.1) is 17.2 Å². The molecule has 0 bridgehead atoms. The molecule has 2 nitrogen and oxygen atoms in total. The maximum atomic E-state index is 9.54. The molecule has 124 valence electrons. The van der Waals surface area contributed by atoms with Gasteiger partial charge in [-0.2, -0.15) is 5.26 Å². The molecule has 0 spiro atoms. The highest BCUT2D eigenvalue weighted by molar-refractivity contribution is 7.16. The molecule has 0 fully saturated rings. The highest BCUT2D eigenvalue weighted by Crippen LogP contribution is 2.40. The lowest BCUT2D eigenvalue weighted by molar-refractivity contribution is 0.507. The second kappa shape index (κ2) is 6.53. The summed E-state index contributed by atoms with van der Waals surface area (Å²) in [6.07, 6.45) is 5.17. The van der Waals surface area contributed by atoms with E-state index in [-0.39, 0.29) is 5.41 Å². The predicted octanol–water partition coefficient (Wildman–Crippen LogP) is 5.79. The Hall–Kier alpha value is -1.92. The van der Waals surface area contributed by atoms with E-state index in [0.29, 0.717) is 5.92 Å². The van der Waals surface area contributed by atoms with Gasteiger partial charge >= 0.3 is 0 Å². The Morgan fingerprint density at radius 3 is 2.58 bits per heavy atom. The molecule has 2 aromatic rings. The smallest absolute Gasteiger partial charge is 0.134 e. The molecule has 0 aliphatic heterocycles. The van der Waals surface area contributed by atoms with Crippen LogP contribution in [0.25, 0.3) is 0 Å². The number of hydrogen-bond acceptors (Lipinski definition) is 3. The van der Waals surface area contributed by atoms with Gasteiger partial charge in [-0.05, 0) is 47.3 Å². The Balaban J connectivity index is 1.86. The van der Waals surface area contributed by atoms with Crippen molar-refractivity contribution in [3.63, 3.8) is 0 Å². The summed E-state index contributed by atoms with van der Waals surface area (Å²) in [5, 5.41) is 10.4. The molecular weight excluding hydrogens is 312 g/mol. The van der Waals surface area contributed by atoms with Crippen LogP contribution >= 0.6 is 11.3 Å². The van der Waals surface area contributed by atoms with E-state index in [1.807, 2.05) is 6.21 Å². The summed E-state index contributed by atoms with van der Waals surface area (Å²) in [5.74, 6) is 0.712. The summed E-state index contributed by atoms with van der Waals surface area (Å²) in [6.45, 7) is 8.93. The van der Waals surface area contributed by atoms with Gasteiger partial charge in [0.05, 0.1) is 5.56 Å². The van der Waals surface area contributed by atoms with Gasteiger partial charge in [-0.3, -0.25) is 0 Å². The van der Waals surface area contributed by atoms with Crippen molar-refractivity contribution in [3.8, 4) is 6.07 Å². The van der Waals surface area contributed by atoms with Gasteiger partial charge in [-0.15, -0.1) is 11.3 Å². The van der Waals surface area contributed by atoms with E-state index in [1.165, 1.54) is 22.4 Å². The first-order valence-corrected chi connectivity index (χ1v) is 9.39. The summed E-state index contributed by atoms with van der Waals surface area (Å²) in [6, 6.07) is 10.9. The number of benzene rings is 1. The molecule has 0 saturated heterocycles. The minimum Gasteiger partial charge on any atom is -0.244 e. The number of hydrogen-bond donors (Lipinski definition) is 0. The Morgan fingerprint density at radius 2 is 1.96 bits per heavy atom. The maximum Gasteiger partial charge on any atom is 0.134 e. The van der Waals surface area contributed by atoms with Crippen LogP contribution in [-0.2, 0) is 18.3 Å². The molecule has 1 aliphatic rings. The number of nitriles is 1. The quantitative estimate of drug-likeness (QED) is 0.639. The zero-order chi connectivity index (χ0) is 17.3. The van der Waals surface area contributed by atoms with Crippen LogP contribution in [0.5, 0.6) is 0 Å². The number of nitrogens with zero attached hydrogens (tertiary/aromatic N) is 2. The SMILES string of the molecule is CC1CCc2c(sc(N=Cc3ccc(C(C)(C)C)cc3)c2C#N)C1. The van der Waals surface area contributed by atoms with Crippen molar-refractivity contribution in [3.05, 3.63) is 51.4 Å². The highest BCUT2D eigenvalue weighted by atomic mass is 32.1. The minimum atomic E-state index is 0.160. The Morgan fingerprint density at radius 1 is 1.25 bits per heavy atom. The summed E-state index contributed by atoms with van der Waals surface area (Å²) in [4.78, 5) is 6.00. The highest BCUT2D eigenvalue weighted by Gasteiger charge is 2.23. The van der Waals surface area contributed by atoms with Crippen LogP contribution in [0.15, 0.2) is 29.3 Å². The van der Waals surface area contributed by atoms with Gasteiger partial charge in [0.2, 0.25) is 0 Å². The van der Waals surface area contributed by atoms with E-state index in [9.17, 15) is 5.26 Å². The Kier molecular flexibility index (Phi) is 4.60. The van der Waals surface area contributed by atoms with Gasteiger partial charge in [-0.25, -0.2) is 4.99 Å². The lowest BCUT2D eigenvalue weighted by Gasteiger charge is -2.18. The zero-order valence-corrected chi connectivity index (χ0v) is 15.7. The molecule has 0 radical (unpaired) electrons. The molecular formula is C21H24N2S. The van der Waals surface area contributed by atoms with E-state index in [1.54, 1.807) is 11.3 Å². The molecule has 1 aromatic carbocycles. The standard InChI is InChI=1S/C21H24N2S/c1-14-5-10-17-18(12-22)20(24-19(17)11-14)23-13-15-6-8-16(9-7-15)21(2,3)4/h6-9,13-14H,5,10-11H2,1-4H3. The molecule has 0 N–H and O–H groups in total. The van der Waals surface area contributed by atoms with E-state index in [4.69, 9.17) is 0 Å². The fourth-order valence-corrected chi connectivity index (χ4v) is 4.45. The second-order valence-electron chi connectivity index (χ2n) is 7.77. The van der Waals surface area contributed by atoms with Crippen molar-refractivity contribution < 1.29 is 0 Å². The third-order valence-electron chi connectivity index (χ3n) is 4.71. The Labute approximate surface area is 148 Å². The first-order chi connectivity index (χ1) is 11.4. The average molecular weight is 337 g/mol. The number of fused-ring (bicyclic) bond motifs is 1. The lowest BCUT2D eigenvalue weighted by atomic mass is 9.87. The van der Waals surface area contributed by atoms with E-state index < -0.39 is 0 Å². The summed E-state index contributed by atoms with van der Waals surface area (Å²) in [5.41, 5.74) is 4.59. The molecule has 0 amide bonds.